The second-order valence-corrected chi connectivity index (χ2v) is 7.21. The smallest absolute Gasteiger partial charge is 0.318 e. The van der Waals surface area contributed by atoms with Crippen LogP contribution in [-0.4, -0.2) is 58.2 Å². The Bertz CT molecular complexity index is 762. The molecule has 1 fully saturated rings. The number of aromatic nitrogens is 3. The standard InChI is InChI=1S/C20H28N6O2/c1-15(2)23-20(27)26(14-16-5-4-9-21-13-16)17-7-11-25(12-8-17)19-22-10-6-18(24-19)28-3/h4-6,9-10,13,15,17H,7-8,11-12,14H2,1-3H3,(H,23,27). The van der Waals surface area contributed by atoms with Gasteiger partial charge in [-0.2, -0.15) is 4.98 Å². The third-order valence-corrected chi connectivity index (χ3v) is 4.76. The molecule has 3 rings (SSSR count). The first-order chi connectivity index (χ1) is 13.6. The predicted molar refractivity (Wildman–Crippen MR) is 107 cm³/mol. The molecule has 0 spiro atoms. The van der Waals surface area contributed by atoms with E-state index in [9.17, 15) is 4.79 Å². The minimum absolute atomic E-state index is 0.0325. The Kier molecular flexibility index (Phi) is 6.62. The quantitative estimate of drug-likeness (QED) is 0.824. The zero-order valence-corrected chi connectivity index (χ0v) is 16.7. The van der Waals surface area contributed by atoms with Crippen LogP contribution in [0.3, 0.4) is 0 Å². The van der Waals surface area contributed by atoms with E-state index in [0.29, 0.717) is 18.4 Å². The lowest BCUT2D eigenvalue weighted by molar-refractivity contribution is 0.155. The van der Waals surface area contributed by atoms with Gasteiger partial charge in [0.15, 0.2) is 0 Å². The van der Waals surface area contributed by atoms with Crippen LogP contribution in [0.4, 0.5) is 10.7 Å². The summed E-state index contributed by atoms with van der Waals surface area (Å²) in [4.78, 5) is 29.9. The van der Waals surface area contributed by atoms with E-state index >= 15 is 0 Å². The van der Waals surface area contributed by atoms with Gasteiger partial charge in [0.2, 0.25) is 11.8 Å². The van der Waals surface area contributed by atoms with Crippen LogP contribution in [0.5, 0.6) is 5.88 Å². The molecule has 3 heterocycles. The highest BCUT2D eigenvalue weighted by molar-refractivity contribution is 5.75. The normalized spacial score (nSPS) is 14.8. The first kappa shape index (κ1) is 19.9. The summed E-state index contributed by atoms with van der Waals surface area (Å²) in [6.07, 6.45) is 6.97. The molecule has 1 aliphatic heterocycles. The number of hydrogen-bond donors (Lipinski definition) is 1. The number of pyridine rings is 1. The second-order valence-electron chi connectivity index (χ2n) is 7.21. The summed E-state index contributed by atoms with van der Waals surface area (Å²) in [6, 6.07) is 5.85. The van der Waals surface area contributed by atoms with Crippen LogP contribution in [-0.2, 0) is 6.54 Å². The van der Waals surface area contributed by atoms with Crippen LogP contribution >= 0.6 is 0 Å². The third kappa shape index (κ3) is 5.09. The molecule has 150 valence electrons. The van der Waals surface area contributed by atoms with Gasteiger partial charge in [-0.05, 0) is 38.3 Å². The SMILES string of the molecule is COc1ccnc(N2CCC(N(Cc3cccnc3)C(=O)NC(C)C)CC2)n1. The lowest BCUT2D eigenvalue weighted by atomic mass is 10.0. The Morgan fingerprint density at radius 2 is 2.11 bits per heavy atom. The van der Waals surface area contributed by atoms with Gasteiger partial charge in [-0.1, -0.05) is 6.07 Å². The number of carbonyl (C=O) groups excluding carboxylic acids is 1. The maximum Gasteiger partial charge on any atom is 0.318 e. The van der Waals surface area contributed by atoms with Gasteiger partial charge in [0, 0.05) is 56.4 Å². The van der Waals surface area contributed by atoms with Gasteiger partial charge in [0.05, 0.1) is 7.11 Å². The summed E-state index contributed by atoms with van der Waals surface area (Å²) in [5, 5.41) is 3.03. The molecule has 1 aliphatic rings. The summed E-state index contributed by atoms with van der Waals surface area (Å²) in [6.45, 7) is 6.07. The van der Waals surface area contributed by atoms with Crippen LogP contribution in [0.15, 0.2) is 36.8 Å². The Hall–Kier alpha value is -2.90. The van der Waals surface area contributed by atoms with E-state index in [0.717, 1.165) is 31.5 Å². The Labute approximate surface area is 166 Å². The van der Waals surface area contributed by atoms with Crippen molar-refractivity contribution in [3.05, 3.63) is 42.4 Å². The number of urea groups is 1. The highest BCUT2D eigenvalue weighted by Gasteiger charge is 2.29. The first-order valence-corrected chi connectivity index (χ1v) is 9.65. The average molecular weight is 384 g/mol. The maximum atomic E-state index is 12.8. The zero-order valence-electron chi connectivity index (χ0n) is 16.7. The molecule has 2 aromatic heterocycles. The Morgan fingerprint density at radius 1 is 1.32 bits per heavy atom. The number of methoxy groups -OCH3 is 1. The molecule has 0 atom stereocenters. The molecule has 0 radical (unpaired) electrons. The fourth-order valence-corrected chi connectivity index (χ4v) is 3.36. The van der Waals surface area contributed by atoms with Crippen molar-refractivity contribution >= 4 is 12.0 Å². The highest BCUT2D eigenvalue weighted by Crippen LogP contribution is 2.22. The van der Waals surface area contributed by atoms with Crippen molar-refractivity contribution in [3.8, 4) is 5.88 Å². The van der Waals surface area contributed by atoms with Crippen molar-refractivity contribution in [2.45, 2.75) is 45.3 Å². The van der Waals surface area contributed by atoms with Crippen molar-refractivity contribution in [2.75, 3.05) is 25.1 Å². The van der Waals surface area contributed by atoms with Crippen LogP contribution in [0.25, 0.3) is 0 Å². The van der Waals surface area contributed by atoms with Gasteiger partial charge >= 0.3 is 6.03 Å². The molecule has 28 heavy (non-hydrogen) atoms. The van der Waals surface area contributed by atoms with Gasteiger partial charge in [0.25, 0.3) is 0 Å². The molecule has 2 aromatic rings. The van der Waals surface area contributed by atoms with E-state index in [-0.39, 0.29) is 18.1 Å². The molecule has 0 aromatic carbocycles. The minimum Gasteiger partial charge on any atom is -0.481 e. The van der Waals surface area contributed by atoms with Crippen LogP contribution in [0.2, 0.25) is 0 Å². The number of carbonyl (C=O) groups is 1. The van der Waals surface area contributed by atoms with Crippen LogP contribution in [0.1, 0.15) is 32.3 Å². The van der Waals surface area contributed by atoms with Crippen molar-refractivity contribution in [1.82, 2.24) is 25.2 Å². The molecule has 0 saturated carbocycles. The molecule has 0 aliphatic carbocycles. The van der Waals surface area contributed by atoms with Gasteiger partial charge < -0.3 is 19.9 Å². The molecule has 2 amide bonds. The number of rotatable bonds is 6. The molecule has 1 N–H and O–H groups in total. The topological polar surface area (TPSA) is 83.5 Å². The van der Waals surface area contributed by atoms with Crippen molar-refractivity contribution < 1.29 is 9.53 Å². The van der Waals surface area contributed by atoms with Crippen LogP contribution in [0, 0.1) is 0 Å². The Morgan fingerprint density at radius 3 is 2.75 bits per heavy atom. The molecule has 0 unspecified atom stereocenters. The number of anilines is 1. The van der Waals surface area contributed by atoms with E-state index < -0.39 is 0 Å². The summed E-state index contributed by atoms with van der Waals surface area (Å²) >= 11 is 0. The van der Waals surface area contributed by atoms with Crippen molar-refractivity contribution in [3.63, 3.8) is 0 Å². The number of nitrogens with zero attached hydrogens (tertiary/aromatic N) is 5. The molecule has 1 saturated heterocycles. The fraction of sp³-hybridized carbons (Fsp3) is 0.500. The van der Waals surface area contributed by atoms with Gasteiger partial charge in [-0.25, -0.2) is 9.78 Å². The number of piperidine rings is 1. The number of nitrogens with one attached hydrogen (secondary N) is 1. The summed E-state index contributed by atoms with van der Waals surface area (Å²) < 4.78 is 5.19. The lowest BCUT2D eigenvalue weighted by Crippen LogP contribution is -2.51. The zero-order chi connectivity index (χ0) is 19.9. The number of hydrogen-bond acceptors (Lipinski definition) is 6. The summed E-state index contributed by atoms with van der Waals surface area (Å²) in [7, 11) is 1.60. The molecule has 0 bridgehead atoms. The maximum absolute atomic E-state index is 12.8. The largest absolute Gasteiger partial charge is 0.481 e. The van der Waals surface area contributed by atoms with E-state index in [1.165, 1.54) is 0 Å². The van der Waals surface area contributed by atoms with Crippen LogP contribution < -0.4 is 15.0 Å². The van der Waals surface area contributed by atoms with Crippen molar-refractivity contribution in [1.29, 1.82) is 0 Å². The van der Waals surface area contributed by atoms with Crippen molar-refractivity contribution in [2.24, 2.45) is 0 Å². The lowest BCUT2D eigenvalue weighted by Gasteiger charge is -2.38. The van der Waals surface area contributed by atoms with Gasteiger partial charge in [-0.15, -0.1) is 0 Å². The van der Waals surface area contributed by atoms with E-state index in [1.807, 2.05) is 37.1 Å². The molecule has 8 nitrogen and oxygen atoms in total. The Balaban J connectivity index is 1.68. The van der Waals surface area contributed by atoms with E-state index in [4.69, 9.17) is 4.74 Å². The molecule has 8 heteroatoms. The first-order valence-electron chi connectivity index (χ1n) is 9.65. The van der Waals surface area contributed by atoms with E-state index in [1.54, 1.807) is 25.6 Å². The second kappa shape index (κ2) is 9.34. The predicted octanol–water partition coefficient (Wildman–Crippen LogP) is 2.47. The van der Waals surface area contributed by atoms with E-state index in [2.05, 4.69) is 25.2 Å². The average Bonchev–Trinajstić information content (AvgIpc) is 2.72. The molecular formula is C20H28N6O2. The fourth-order valence-electron chi connectivity index (χ4n) is 3.36. The molecular weight excluding hydrogens is 356 g/mol. The summed E-state index contributed by atoms with van der Waals surface area (Å²) in [5.74, 6) is 1.23. The van der Waals surface area contributed by atoms with Gasteiger partial charge in [0.1, 0.15) is 0 Å². The monoisotopic (exact) mass is 384 g/mol. The summed E-state index contributed by atoms with van der Waals surface area (Å²) in [5.41, 5.74) is 1.03. The van der Waals surface area contributed by atoms with Gasteiger partial charge in [-0.3, -0.25) is 4.98 Å². The number of amides is 2. The highest BCUT2D eigenvalue weighted by atomic mass is 16.5. The minimum atomic E-state index is -0.0325. The number of ether oxygens (including phenoxy) is 1. The third-order valence-electron chi connectivity index (χ3n) is 4.76.